The smallest absolute Gasteiger partial charge is 0.410 e. The summed E-state index contributed by atoms with van der Waals surface area (Å²) in [5, 5.41) is 27.8. The first kappa shape index (κ1) is 79.2. The predicted molar refractivity (Wildman–Crippen MR) is 350 cm³/mol. The van der Waals surface area contributed by atoms with Crippen LogP contribution in [0.1, 0.15) is 157 Å². The molecule has 2 fully saturated rings. The Balaban J connectivity index is 1.38. The third-order valence-corrected chi connectivity index (χ3v) is 17.5. The van der Waals surface area contributed by atoms with E-state index in [2.05, 4.69) is 31.9 Å². The minimum absolute atomic E-state index is 0.0225. The lowest BCUT2D eigenvalue weighted by molar-refractivity contribution is -0.197. The van der Waals surface area contributed by atoms with E-state index in [0.717, 1.165) is 4.90 Å². The summed E-state index contributed by atoms with van der Waals surface area (Å²) in [6.07, 6.45) is -1.90. The van der Waals surface area contributed by atoms with Gasteiger partial charge in [-0.3, -0.25) is 48.1 Å². The number of primary amides is 1. The number of anilines is 1. The second-order valence-electron chi connectivity index (χ2n) is 25.7. The van der Waals surface area contributed by atoms with E-state index in [1.807, 2.05) is 32.0 Å². The average Bonchev–Trinajstić information content (AvgIpc) is 1.80. The summed E-state index contributed by atoms with van der Waals surface area (Å²) in [5.74, 6) is -7.93. The molecule has 528 valence electrons. The molecular formula is C67H103N11O17. The Morgan fingerprint density at radius 2 is 1.35 bits per heavy atom. The van der Waals surface area contributed by atoms with Gasteiger partial charge in [0.15, 0.2) is 0 Å². The summed E-state index contributed by atoms with van der Waals surface area (Å²) in [6, 6.07) is 8.36. The number of nitrogens with two attached hydrogens (primary N) is 1. The van der Waals surface area contributed by atoms with E-state index in [1.54, 1.807) is 104 Å². The lowest BCUT2D eigenvalue weighted by Crippen LogP contribution is -2.60. The van der Waals surface area contributed by atoms with Crippen LogP contribution in [0.5, 0.6) is 0 Å². The van der Waals surface area contributed by atoms with Gasteiger partial charge in [-0.05, 0) is 86.0 Å². The molecule has 2 aromatic carbocycles. The number of likely N-dealkylation sites (tertiary alicyclic amines) is 1. The van der Waals surface area contributed by atoms with Crippen molar-refractivity contribution in [3.8, 4) is 0 Å². The van der Waals surface area contributed by atoms with Crippen LogP contribution in [0.15, 0.2) is 54.6 Å². The molecular weight excluding hydrogens is 1230 g/mol. The molecule has 2 aliphatic rings. The first-order chi connectivity index (χ1) is 44.9. The number of nitrogens with zero attached hydrogens (tertiary/aromatic N) is 4. The van der Waals surface area contributed by atoms with Crippen molar-refractivity contribution < 1.29 is 81.7 Å². The van der Waals surface area contributed by atoms with E-state index in [-0.39, 0.29) is 82.3 Å². The van der Waals surface area contributed by atoms with Crippen LogP contribution >= 0.6 is 0 Å². The van der Waals surface area contributed by atoms with Gasteiger partial charge in [0.2, 0.25) is 41.4 Å². The number of likely N-dealkylation sites (N-methyl/N-ethyl adjacent to an activating group) is 2. The SMILES string of the molecule is CC[C@H](C)[C@@H]([C@@H](CC(=O)N1CCC[C@H]1[C@H](OC)[C@@H](C)C(=O)N[C@H](C)[C@@H](O)c1ccccc1)OC)N(C)C(=O)C(NC(=O)[C@H](C(C)C)N(C)C(=O)OCc1ccc(NC(=O)[C@H](CCCNC(N)=O)NC(=O)[C@@H](NC(=O)CCCC(=O)ON2C(=O)CCC2=O)C(C)C)cc1)C(C)C. The van der Waals surface area contributed by atoms with Gasteiger partial charge in [0.25, 0.3) is 11.8 Å². The number of benzene rings is 2. The van der Waals surface area contributed by atoms with E-state index in [1.165, 1.54) is 26.2 Å². The highest BCUT2D eigenvalue weighted by atomic mass is 16.7. The number of nitrogens with one attached hydrogen (secondary N) is 6. The molecule has 28 nitrogen and oxygen atoms in total. The Labute approximate surface area is 557 Å². The Morgan fingerprint density at radius 3 is 1.92 bits per heavy atom. The van der Waals surface area contributed by atoms with Crippen molar-refractivity contribution in [2.75, 3.05) is 46.7 Å². The number of methoxy groups -OCH3 is 2. The first-order valence-electron chi connectivity index (χ1n) is 32.8. The Morgan fingerprint density at radius 1 is 0.716 bits per heavy atom. The number of carbonyl (C=O) groups excluding carboxylic acids is 12. The van der Waals surface area contributed by atoms with E-state index >= 15 is 0 Å². The zero-order chi connectivity index (χ0) is 71.0. The maximum absolute atomic E-state index is 14.8. The second kappa shape index (κ2) is 38.3. The van der Waals surface area contributed by atoms with Crippen LogP contribution in [0.25, 0.3) is 0 Å². The maximum Gasteiger partial charge on any atom is 0.410 e. The number of rotatable bonds is 37. The van der Waals surface area contributed by atoms with Gasteiger partial charge in [0.05, 0.1) is 48.8 Å². The molecule has 0 bridgehead atoms. The molecule has 0 saturated carbocycles. The van der Waals surface area contributed by atoms with Crippen molar-refractivity contribution >= 4 is 76.9 Å². The van der Waals surface area contributed by atoms with Crippen molar-refractivity contribution in [3.63, 3.8) is 0 Å². The van der Waals surface area contributed by atoms with Gasteiger partial charge in [-0.1, -0.05) is 111 Å². The summed E-state index contributed by atoms with van der Waals surface area (Å²) in [5.41, 5.74) is 6.69. The number of hydrogen-bond donors (Lipinski definition) is 8. The summed E-state index contributed by atoms with van der Waals surface area (Å²) in [4.78, 5) is 168. The predicted octanol–water partition coefficient (Wildman–Crippen LogP) is 4.37. The van der Waals surface area contributed by atoms with Gasteiger partial charge in [0, 0.05) is 72.8 Å². The van der Waals surface area contributed by atoms with Gasteiger partial charge >= 0.3 is 18.1 Å². The van der Waals surface area contributed by atoms with Crippen LogP contribution in [0.3, 0.4) is 0 Å². The fourth-order valence-electron chi connectivity index (χ4n) is 11.9. The van der Waals surface area contributed by atoms with E-state index in [4.69, 9.17) is 24.8 Å². The van der Waals surface area contributed by atoms with Crippen LogP contribution in [0, 0.1) is 29.6 Å². The highest BCUT2D eigenvalue weighted by Crippen LogP contribution is 2.31. The molecule has 12 atom stereocenters. The van der Waals surface area contributed by atoms with Crippen molar-refractivity contribution in [3.05, 3.63) is 65.7 Å². The van der Waals surface area contributed by atoms with Crippen LogP contribution in [0.4, 0.5) is 15.3 Å². The van der Waals surface area contributed by atoms with Crippen molar-refractivity contribution in [2.24, 2.45) is 35.3 Å². The number of urea groups is 1. The summed E-state index contributed by atoms with van der Waals surface area (Å²) in [7, 11) is 6.04. The molecule has 0 aromatic heterocycles. The average molecular weight is 1330 g/mol. The van der Waals surface area contributed by atoms with Gasteiger partial charge in [-0.25, -0.2) is 14.4 Å². The van der Waals surface area contributed by atoms with E-state index in [0.29, 0.717) is 47.7 Å². The molecule has 0 spiro atoms. The fourth-order valence-corrected chi connectivity index (χ4v) is 11.9. The van der Waals surface area contributed by atoms with E-state index < -0.39 is 144 Å². The molecule has 9 N–H and O–H groups in total. The molecule has 95 heavy (non-hydrogen) atoms. The molecule has 28 heteroatoms. The third-order valence-electron chi connectivity index (χ3n) is 17.5. The van der Waals surface area contributed by atoms with Crippen LogP contribution in [-0.2, 0) is 73.6 Å². The topological polar surface area (TPSA) is 373 Å². The Hall–Kier alpha value is -8.24. The lowest BCUT2D eigenvalue weighted by atomic mass is 9.89. The number of aliphatic hydroxyl groups excluding tert-OH is 1. The standard InChI is InChI=1S/C67H103N11O17/c1-15-41(8)58(49(92-13)36-53(82)77-35-21-25-48(77)60(93-14)42(9)61(85)70-43(10)59(84)45-22-17-16-18-23-45)75(11)65(89)56(39(4)5)74-64(88)57(40(6)7)76(12)67(91)94-37-44-28-30-46(31-29-44)71-62(86)47(24-20-34-69-66(68)90)72-63(87)55(38(2)3)73-50(79)26-19-27-54(83)95-78-51(80)32-33-52(78)81/h16-18,22-23,28-31,38-43,47-49,55-60,84H,15,19-21,24-27,32-37H2,1-14H3,(H,70,85)(H,71,86)(H,72,87)(H,73,79)(H,74,88)(H3,68,69,90)/t41-,42+,43+,47-,48-,49+,55-,56?,57-,58-,59+,60+/m0/s1. The monoisotopic (exact) mass is 1330 g/mol. The zero-order valence-corrected chi connectivity index (χ0v) is 57.6. The molecule has 0 radical (unpaired) electrons. The summed E-state index contributed by atoms with van der Waals surface area (Å²) < 4.78 is 17.7. The largest absolute Gasteiger partial charge is 0.445 e. The number of amides is 12. The maximum atomic E-state index is 14.8. The van der Waals surface area contributed by atoms with E-state index in [9.17, 15) is 62.6 Å². The van der Waals surface area contributed by atoms with Gasteiger partial charge in [-0.2, -0.15) is 0 Å². The lowest BCUT2D eigenvalue weighted by Gasteiger charge is -2.41. The number of hydroxylamine groups is 2. The molecule has 2 aromatic rings. The normalized spacial score (nSPS) is 17.4. The van der Waals surface area contributed by atoms with Crippen LogP contribution in [0.2, 0.25) is 0 Å². The highest BCUT2D eigenvalue weighted by molar-refractivity contribution is 6.02. The van der Waals surface area contributed by atoms with Crippen molar-refractivity contribution in [2.45, 2.75) is 207 Å². The summed E-state index contributed by atoms with van der Waals surface area (Å²) in [6.45, 7) is 18.1. The number of imide groups is 1. The molecule has 4 rings (SSSR count). The number of carbonyl (C=O) groups is 12. The van der Waals surface area contributed by atoms with Gasteiger partial charge in [0.1, 0.15) is 30.8 Å². The molecule has 2 saturated heterocycles. The van der Waals surface area contributed by atoms with Crippen LogP contribution < -0.4 is 37.6 Å². The minimum atomic E-state index is -1.17. The van der Waals surface area contributed by atoms with Gasteiger partial charge in [-0.15, -0.1) is 5.06 Å². The van der Waals surface area contributed by atoms with Crippen LogP contribution in [-0.4, -0.2) is 192 Å². The molecule has 2 heterocycles. The zero-order valence-electron chi connectivity index (χ0n) is 57.6. The third kappa shape index (κ3) is 23.3. The van der Waals surface area contributed by atoms with Crippen molar-refractivity contribution in [1.82, 2.24) is 46.3 Å². The van der Waals surface area contributed by atoms with Gasteiger partial charge < -0.3 is 71.6 Å². The first-order valence-corrected chi connectivity index (χ1v) is 32.8. The number of aliphatic hydroxyl groups is 1. The number of ether oxygens (including phenoxy) is 3. The summed E-state index contributed by atoms with van der Waals surface area (Å²) >= 11 is 0. The highest BCUT2D eigenvalue weighted by Gasteiger charge is 2.44. The molecule has 2 aliphatic heterocycles. The molecule has 12 amide bonds. The minimum Gasteiger partial charge on any atom is -0.445 e. The Bertz CT molecular complexity index is 2920. The van der Waals surface area contributed by atoms with Crippen molar-refractivity contribution in [1.29, 1.82) is 0 Å². The number of hydrogen-bond acceptors (Lipinski definition) is 17. The fraction of sp³-hybridized carbons (Fsp3) is 0.642. The Kier molecular flexibility index (Phi) is 32.0. The second-order valence-corrected chi connectivity index (χ2v) is 25.7. The molecule has 1 unspecified atom stereocenters. The molecule has 0 aliphatic carbocycles. The quantitative estimate of drug-likeness (QED) is 0.0344.